The lowest BCUT2D eigenvalue weighted by Crippen LogP contribution is -2.43. The monoisotopic (exact) mass is 407 g/mol. The van der Waals surface area contributed by atoms with Crippen molar-refractivity contribution in [3.8, 4) is 12.1 Å². The first-order valence-electron chi connectivity index (χ1n) is 8.78. The van der Waals surface area contributed by atoms with Crippen molar-refractivity contribution >= 4 is 40.7 Å². The fraction of sp³-hybridized carbons (Fsp3) is 0.227. The van der Waals surface area contributed by atoms with Gasteiger partial charge in [-0.15, -0.1) is 0 Å². The van der Waals surface area contributed by atoms with Crippen molar-refractivity contribution in [2.45, 2.75) is 24.9 Å². The minimum absolute atomic E-state index is 0.112. The molecule has 138 valence electrons. The summed E-state index contributed by atoms with van der Waals surface area (Å²) in [6.07, 6.45) is 3.76. The van der Waals surface area contributed by atoms with Crippen LogP contribution in [-0.2, 0) is 4.79 Å². The van der Waals surface area contributed by atoms with Gasteiger partial charge in [0.15, 0.2) is 11.2 Å². The van der Waals surface area contributed by atoms with Crippen molar-refractivity contribution in [3.63, 3.8) is 0 Å². The maximum absolute atomic E-state index is 12.8. The van der Waals surface area contributed by atoms with Crippen molar-refractivity contribution in [1.29, 1.82) is 10.5 Å². The van der Waals surface area contributed by atoms with Gasteiger partial charge in [-0.1, -0.05) is 59.6 Å². The predicted octanol–water partition coefficient (Wildman–Crippen LogP) is 4.98. The number of hydrogen-bond donors (Lipinski definition) is 0. The van der Waals surface area contributed by atoms with Crippen LogP contribution in [0.1, 0.15) is 24.0 Å². The number of nitrogens with zero attached hydrogens (tertiary/aromatic N) is 3. The average Bonchev–Trinajstić information content (AvgIpc) is 3.01. The smallest absolute Gasteiger partial charge is 0.176 e. The molecule has 1 saturated heterocycles. The summed E-state index contributed by atoms with van der Waals surface area (Å²) in [4.78, 5) is 14.7. The molecular formula is C22H15Cl2N3O. The molecule has 2 aliphatic rings. The Kier molecular flexibility index (Phi) is 4.42. The lowest BCUT2D eigenvalue weighted by molar-refractivity contribution is -0.118. The lowest BCUT2D eigenvalue weighted by atomic mass is 9.69. The minimum atomic E-state index is -1.45. The number of Topliss-reactive ketones (excluding diaryl/α,β-unsaturated/α-hetero) is 1. The Bertz CT molecular complexity index is 1080. The number of benzene rings is 2. The fourth-order valence-corrected chi connectivity index (χ4v) is 4.77. The van der Waals surface area contributed by atoms with E-state index in [0.717, 1.165) is 11.3 Å². The second-order valence-electron chi connectivity index (χ2n) is 7.07. The second kappa shape index (κ2) is 6.67. The van der Waals surface area contributed by atoms with E-state index in [0.29, 0.717) is 15.6 Å². The first kappa shape index (κ1) is 18.6. The molecule has 0 amide bonds. The Morgan fingerprint density at radius 2 is 1.82 bits per heavy atom. The molecule has 4 rings (SSSR count). The number of anilines is 1. The number of rotatable bonds is 2. The minimum Gasteiger partial charge on any atom is -0.351 e. The molecule has 4 nitrogen and oxygen atoms in total. The Labute approximate surface area is 173 Å². The number of carbonyl (C=O) groups excluding carboxylic acids is 1. The Morgan fingerprint density at radius 1 is 1.11 bits per heavy atom. The molecule has 2 aromatic carbocycles. The molecule has 3 atom stereocenters. The molecule has 2 aromatic rings. The molecule has 0 bridgehead atoms. The maximum Gasteiger partial charge on any atom is 0.176 e. The molecule has 0 N–H and O–H groups in total. The van der Waals surface area contributed by atoms with Gasteiger partial charge in [-0.25, -0.2) is 0 Å². The number of hydrogen-bond acceptors (Lipinski definition) is 4. The van der Waals surface area contributed by atoms with E-state index in [-0.39, 0.29) is 5.78 Å². The summed E-state index contributed by atoms with van der Waals surface area (Å²) in [5.41, 5.74) is 0.993. The van der Waals surface area contributed by atoms with Crippen molar-refractivity contribution in [2.75, 3.05) is 4.90 Å². The highest BCUT2D eigenvalue weighted by atomic mass is 35.5. The summed E-state index contributed by atoms with van der Waals surface area (Å²) in [7, 11) is 0. The van der Waals surface area contributed by atoms with Gasteiger partial charge >= 0.3 is 0 Å². The summed E-state index contributed by atoms with van der Waals surface area (Å²) in [6, 6.07) is 16.0. The predicted molar refractivity (Wildman–Crippen MR) is 109 cm³/mol. The van der Waals surface area contributed by atoms with Crippen LogP contribution >= 0.6 is 23.2 Å². The Hall–Kier alpha value is -2.79. The van der Waals surface area contributed by atoms with E-state index in [1.807, 2.05) is 41.3 Å². The van der Waals surface area contributed by atoms with Crippen LogP contribution in [0.25, 0.3) is 6.08 Å². The van der Waals surface area contributed by atoms with Crippen LogP contribution in [0.4, 0.5) is 5.69 Å². The first-order chi connectivity index (χ1) is 13.4. The quantitative estimate of drug-likeness (QED) is 0.703. The van der Waals surface area contributed by atoms with E-state index in [4.69, 9.17) is 23.2 Å². The molecule has 0 spiro atoms. The van der Waals surface area contributed by atoms with Crippen molar-refractivity contribution in [3.05, 3.63) is 69.7 Å². The summed E-state index contributed by atoms with van der Waals surface area (Å²) < 4.78 is 0. The summed E-state index contributed by atoms with van der Waals surface area (Å²) in [5, 5.41) is 21.0. The number of nitriles is 2. The molecule has 0 aliphatic carbocycles. The molecule has 0 aromatic heterocycles. The van der Waals surface area contributed by atoms with E-state index in [1.54, 1.807) is 18.2 Å². The number of halogens is 2. The van der Waals surface area contributed by atoms with Gasteiger partial charge in [-0.05, 0) is 36.2 Å². The lowest BCUT2D eigenvalue weighted by Gasteiger charge is -2.35. The van der Waals surface area contributed by atoms with Crippen molar-refractivity contribution in [1.82, 2.24) is 0 Å². The number of fused-ring (bicyclic) bond motifs is 3. The molecule has 2 heterocycles. The zero-order chi connectivity index (χ0) is 20.1. The molecule has 1 fully saturated rings. The maximum atomic E-state index is 12.8. The van der Waals surface area contributed by atoms with Crippen LogP contribution < -0.4 is 4.90 Å². The first-order valence-corrected chi connectivity index (χ1v) is 9.53. The van der Waals surface area contributed by atoms with Crippen LogP contribution in [0, 0.1) is 28.1 Å². The van der Waals surface area contributed by atoms with Crippen LogP contribution in [0.5, 0.6) is 0 Å². The van der Waals surface area contributed by atoms with Crippen molar-refractivity contribution < 1.29 is 4.79 Å². The number of para-hydroxylation sites is 1. The molecular weight excluding hydrogens is 393 g/mol. The topological polar surface area (TPSA) is 67.9 Å². The molecule has 6 heteroatoms. The van der Waals surface area contributed by atoms with Crippen LogP contribution in [-0.4, -0.2) is 17.9 Å². The highest BCUT2D eigenvalue weighted by Gasteiger charge is 2.62. The number of carbonyl (C=O) groups is 1. The average molecular weight is 408 g/mol. The highest BCUT2D eigenvalue weighted by Crippen LogP contribution is 2.55. The highest BCUT2D eigenvalue weighted by molar-refractivity contribution is 6.42. The van der Waals surface area contributed by atoms with Crippen LogP contribution in [0.2, 0.25) is 10.0 Å². The Balaban J connectivity index is 2.00. The largest absolute Gasteiger partial charge is 0.351 e. The van der Waals surface area contributed by atoms with Crippen LogP contribution in [0.3, 0.4) is 0 Å². The third-order valence-corrected chi connectivity index (χ3v) is 6.37. The van der Waals surface area contributed by atoms with Gasteiger partial charge in [0.2, 0.25) is 0 Å². The van der Waals surface area contributed by atoms with Gasteiger partial charge in [0.1, 0.15) is 0 Å². The van der Waals surface area contributed by atoms with Crippen molar-refractivity contribution in [2.24, 2.45) is 5.41 Å². The van der Waals surface area contributed by atoms with E-state index >= 15 is 0 Å². The van der Waals surface area contributed by atoms with Gasteiger partial charge in [-0.2, -0.15) is 10.5 Å². The Morgan fingerprint density at radius 3 is 2.46 bits per heavy atom. The normalized spacial score (nSPS) is 24.0. The summed E-state index contributed by atoms with van der Waals surface area (Å²) >= 11 is 12.3. The van der Waals surface area contributed by atoms with Gasteiger partial charge in [0.05, 0.1) is 34.3 Å². The molecule has 0 saturated carbocycles. The number of ketones is 1. The van der Waals surface area contributed by atoms with Gasteiger partial charge < -0.3 is 4.90 Å². The van der Waals surface area contributed by atoms with Gasteiger partial charge in [-0.3, -0.25) is 4.79 Å². The van der Waals surface area contributed by atoms with E-state index in [1.165, 1.54) is 6.92 Å². The van der Waals surface area contributed by atoms with Crippen LogP contribution in [0.15, 0.2) is 48.5 Å². The van der Waals surface area contributed by atoms with E-state index < -0.39 is 23.4 Å². The zero-order valence-corrected chi connectivity index (χ0v) is 16.4. The van der Waals surface area contributed by atoms with E-state index in [2.05, 4.69) is 12.1 Å². The van der Waals surface area contributed by atoms with Gasteiger partial charge in [0, 0.05) is 11.6 Å². The molecule has 28 heavy (non-hydrogen) atoms. The molecule has 2 aliphatic heterocycles. The third kappa shape index (κ3) is 2.46. The summed E-state index contributed by atoms with van der Waals surface area (Å²) in [5.74, 6) is -0.783. The molecule has 3 unspecified atom stereocenters. The summed E-state index contributed by atoms with van der Waals surface area (Å²) in [6.45, 7) is 1.50. The zero-order valence-electron chi connectivity index (χ0n) is 14.9. The SMILES string of the molecule is CC(=O)C1C(c2ccc(Cl)c(Cl)c2)C(C#N)(C#N)C2C=Cc3ccccc3N12. The van der Waals surface area contributed by atoms with E-state index in [9.17, 15) is 15.3 Å². The standard InChI is InChI=1S/C22H15Cl2N3O/c1-13(28)21-20(15-6-8-16(23)17(24)10-15)22(11-25,12-26)19-9-7-14-4-2-3-5-18(14)27(19)21/h2-10,19-21H,1H3. The third-order valence-electron chi connectivity index (χ3n) is 5.63. The van der Waals surface area contributed by atoms with Gasteiger partial charge in [0.25, 0.3) is 0 Å². The molecule has 0 radical (unpaired) electrons. The fourth-order valence-electron chi connectivity index (χ4n) is 4.47. The second-order valence-corrected chi connectivity index (χ2v) is 7.88.